The lowest BCUT2D eigenvalue weighted by Crippen LogP contribution is -2.25. The number of rotatable bonds is 7. The first-order valence-electron chi connectivity index (χ1n) is 12.4. The highest BCUT2D eigenvalue weighted by Gasteiger charge is 2.22. The number of methoxy groups -OCH3 is 1. The Morgan fingerprint density at radius 1 is 1.13 bits per heavy atom. The van der Waals surface area contributed by atoms with E-state index in [1.807, 2.05) is 12.1 Å². The zero-order chi connectivity index (χ0) is 26.6. The molecule has 38 heavy (non-hydrogen) atoms. The van der Waals surface area contributed by atoms with Crippen LogP contribution in [0.5, 0.6) is 11.5 Å². The molecule has 1 saturated carbocycles. The molecule has 0 atom stereocenters. The van der Waals surface area contributed by atoms with Crippen molar-refractivity contribution >= 4 is 44.6 Å². The predicted molar refractivity (Wildman–Crippen MR) is 151 cm³/mol. The molecule has 4 aromatic rings. The van der Waals surface area contributed by atoms with Crippen LogP contribution >= 0.6 is 27.5 Å². The topological polar surface area (TPSA) is 65.7 Å². The molecule has 1 heterocycles. The average Bonchev–Trinajstić information content (AvgIpc) is 2.93. The third-order valence-corrected chi connectivity index (χ3v) is 7.45. The van der Waals surface area contributed by atoms with E-state index in [9.17, 15) is 9.18 Å². The number of hydrogen-bond acceptors (Lipinski definition) is 5. The van der Waals surface area contributed by atoms with Crippen molar-refractivity contribution in [2.45, 2.75) is 44.6 Å². The van der Waals surface area contributed by atoms with Crippen LogP contribution in [0.1, 0.15) is 55.0 Å². The van der Waals surface area contributed by atoms with Crippen molar-refractivity contribution in [2.75, 3.05) is 7.11 Å². The van der Waals surface area contributed by atoms with Gasteiger partial charge in [-0.15, -0.1) is 0 Å². The second-order valence-electron chi connectivity index (χ2n) is 9.28. The lowest BCUT2D eigenvalue weighted by molar-refractivity contribution is 0.284. The molecule has 0 radical (unpaired) electrons. The molecule has 9 heteroatoms. The smallest absolute Gasteiger partial charge is 0.282 e. The van der Waals surface area contributed by atoms with Gasteiger partial charge in [0.25, 0.3) is 5.56 Å². The van der Waals surface area contributed by atoms with Crippen molar-refractivity contribution in [3.63, 3.8) is 0 Å². The molecule has 0 aliphatic heterocycles. The molecule has 1 fully saturated rings. The van der Waals surface area contributed by atoms with Gasteiger partial charge < -0.3 is 9.47 Å². The van der Waals surface area contributed by atoms with Gasteiger partial charge in [-0.05, 0) is 66.4 Å². The fourth-order valence-electron chi connectivity index (χ4n) is 4.72. The van der Waals surface area contributed by atoms with Crippen LogP contribution in [0.25, 0.3) is 10.9 Å². The van der Waals surface area contributed by atoms with E-state index in [1.165, 1.54) is 30.3 Å². The fourth-order valence-corrected chi connectivity index (χ4v) is 5.35. The van der Waals surface area contributed by atoms with Gasteiger partial charge in [-0.2, -0.15) is 9.78 Å². The molecule has 1 aliphatic rings. The molecular weight excluding hydrogens is 573 g/mol. The van der Waals surface area contributed by atoms with Crippen molar-refractivity contribution < 1.29 is 13.9 Å². The summed E-state index contributed by atoms with van der Waals surface area (Å²) in [6.07, 6.45) is 6.94. The number of aromatic nitrogens is 2. The molecule has 0 amide bonds. The zero-order valence-electron chi connectivity index (χ0n) is 20.8. The second-order valence-corrected chi connectivity index (χ2v) is 10.6. The van der Waals surface area contributed by atoms with Crippen molar-refractivity contribution in [1.82, 2.24) is 9.66 Å². The van der Waals surface area contributed by atoms with Crippen LogP contribution < -0.4 is 15.0 Å². The highest BCUT2D eigenvalue weighted by atomic mass is 79.9. The number of hydrogen-bond donors (Lipinski definition) is 0. The Hall–Kier alpha value is -3.23. The van der Waals surface area contributed by atoms with Crippen LogP contribution in [0, 0.1) is 5.82 Å². The third kappa shape index (κ3) is 5.76. The van der Waals surface area contributed by atoms with Crippen molar-refractivity contribution in [1.29, 1.82) is 0 Å². The van der Waals surface area contributed by atoms with Gasteiger partial charge in [0.15, 0.2) is 11.5 Å². The van der Waals surface area contributed by atoms with Gasteiger partial charge in [0.2, 0.25) is 0 Å². The summed E-state index contributed by atoms with van der Waals surface area (Å²) >= 11 is 10.0. The lowest BCUT2D eigenvalue weighted by Gasteiger charge is -2.22. The van der Waals surface area contributed by atoms with Gasteiger partial charge in [-0.1, -0.05) is 58.9 Å². The quantitative estimate of drug-likeness (QED) is 0.207. The first kappa shape index (κ1) is 26.4. The number of ether oxygens (including phenoxy) is 2. The van der Waals surface area contributed by atoms with Crippen LogP contribution in [0.4, 0.5) is 4.39 Å². The van der Waals surface area contributed by atoms with E-state index < -0.39 is 0 Å². The van der Waals surface area contributed by atoms with E-state index in [0.29, 0.717) is 38.8 Å². The van der Waals surface area contributed by atoms with E-state index >= 15 is 0 Å². The van der Waals surface area contributed by atoms with Crippen molar-refractivity contribution in [3.8, 4) is 11.5 Å². The van der Waals surface area contributed by atoms with Crippen molar-refractivity contribution in [2.24, 2.45) is 5.10 Å². The number of halogens is 3. The average molecular weight is 599 g/mol. The Morgan fingerprint density at radius 2 is 1.89 bits per heavy atom. The molecule has 0 unspecified atom stereocenters. The molecule has 0 bridgehead atoms. The molecule has 196 valence electrons. The zero-order valence-corrected chi connectivity index (χ0v) is 23.1. The highest BCUT2D eigenvalue weighted by molar-refractivity contribution is 9.10. The Kier molecular flexibility index (Phi) is 8.09. The van der Waals surface area contributed by atoms with E-state index in [2.05, 4.69) is 21.0 Å². The Bertz CT molecular complexity index is 1550. The van der Waals surface area contributed by atoms with Gasteiger partial charge in [0.1, 0.15) is 18.2 Å². The van der Waals surface area contributed by atoms with E-state index in [4.69, 9.17) is 26.1 Å². The molecule has 0 saturated heterocycles. The summed E-state index contributed by atoms with van der Waals surface area (Å²) in [5.41, 5.74) is 1.88. The Balaban J connectivity index is 1.49. The Morgan fingerprint density at radius 3 is 2.63 bits per heavy atom. The van der Waals surface area contributed by atoms with Gasteiger partial charge in [0.05, 0.1) is 29.2 Å². The largest absolute Gasteiger partial charge is 0.493 e. The summed E-state index contributed by atoms with van der Waals surface area (Å²) < 4.78 is 26.8. The van der Waals surface area contributed by atoms with Crippen molar-refractivity contribution in [3.05, 3.63) is 97.2 Å². The number of fused-ring (bicyclic) bond motifs is 1. The lowest BCUT2D eigenvalue weighted by atomic mass is 9.88. The van der Waals surface area contributed by atoms with Crippen LogP contribution in [0.2, 0.25) is 5.02 Å². The van der Waals surface area contributed by atoms with Crippen LogP contribution in [-0.4, -0.2) is 23.0 Å². The normalized spacial score (nSPS) is 14.3. The first-order valence-corrected chi connectivity index (χ1v) is 13.6. The summed E-state index contributed by atoms with van der Waals surface area (Å²) in [4.78, 5) is 18.4. The van der Waals surface area contributed by atoms with E-state index in [1.54, 1.807) is 36.5 Å². The van der Waals surface area contributed by atoms with Gasteiger partial charge in [-0.25, -0.2) is 9.37 Å². The van der Waals surface area contributed by atoms with Gasteiger partial charge in [0, 0.05) is 10.4 Å². The standard InChI is InChI=1S/C29H26BrClFN3O3/c1-37-26-14-19(13-24(31)27(26)38-17-18-7-10-22(32)11-8-18)16-33-35-28(20-5-3-2-4-6-20)34-25-12-9-21(30)15-23(25)29(35)36/h7-16,20H,2-6,17H2,1H3. The van der Waals surface area contributed by atoms with Crippen LogP contribution in [-0.2, 0) is 6.61 Å². The highest BCUT2D eigenvalue weighted by Crippen LogP contribution is 2.37. The maximum atomic E-state index is 13.5. The van der Waals surface area contributed by atoms with Crippen LogP contribution in [0.3, 0.4) is 0 Å². The minimum atomic E-state index is -0.312. The molecule has 5 rings (SSSR count). The monoisotopic (exact) mass is 597 g/mol. The Labute approximate surface area is 233 Å². The summed E-state index contributed by atoms with van der Waals surface area (Å²) in [6.45, 7) is 0.197. The molecule has 0 spiro atoms. The van der Waals surface area contributed by atoms with E-state index in [0.717, 1.165) is 35.7 Å². The maximum Gasteiger partial charge on any atom is 0.282 e. The fraction of sp³-hybridized carbons (Fsp3) is 0.276. The second kappa shape index (κ2) is 11.7. The molecule has 0 N–H and O–H groups in total. The predicted octanol–water partition coefficient (Wildman–Crippen LogP) is 7.47. The number of nitrogens with zero attached hydrogens (tertiary/aromatic N) is 3. The summed E-state index contributed by atoms with van der Waals surface area (Å²) in [6, 6.07) is 15.0. The minimum Gasteiger partial charge on any atom is -0.493 e. The summed E-state index contributed by atoms with van der Waals surface area (Å²) in [7, 11) is 1.52. The summed E-state index contributed by atoms with van der Waals surface area (Å²) in [5.74, 6) is 1.32. The van der Waals surface area contributed by atoms with Gasteiger partial charge in [-0.3, -0.25) is 4.79 Å². The molecule has 1 aliphatic carbocycles. The maximum absolute atomic E-state index is 13.5. The number of benzene rings is 3. The molecule has 3 aromatic carbocycles. The minimum absolute atomic E-state index is 0.169. The molecular formula is C29H26BrClFN3O3. The van der Waals surface area contributed by atoms with E-state index in [-0.39, 0.29) is 23.9 Å². The SMILES string of the molecule is COc1cc(C=Nn2c(C3CCCCC3)nc3ccc(Br)cc3c2=O)cc(Cl)c1OCc1ccc(F)cc1. The molecule has 6 nitrogen and oxygen atoms in total. The van der Waals surface area contributed by atoms with Gasteiger partial charge >= 0.3 is 0 Å². The summed E-state index contributed by atoms with van der Waals surface area (Å²) in [5, 5.41) is 5.41. The van der Waals surface area contributed by atoms with Crippen LogP contribution in [0.15, 0.2) is 69.0 Å². The first-order chi connectivity index (χ1) is 18.4. The third-order valence-electron chi connectivity index (χ3n) is 6.67. The molecule has 1 aromatic heterocycles.